The predicted molar refractivity (Wildman–Crippen MR) is 70.4 cm³/mol. The average molecular weight is 442 g/mol. The minimum Gasteiger partial charge on any atom is -0.398 e. The van der Waals surface area contributed by atoms with Gasteiger partial charge in [0.05, 0.1) is 16.9 Å². The Hall–Kier alpha value is 0.0700. The topological polar surface area (TPSA) is 52.0 Å². The van der Waals surface area contributed by atoms with Crippen LogP contribution in [0.1, 0.15) is 11.1 Å². The summed E-state index contributed by atoms with van der Waals surface area (Å²) in [7, 11) is 0. The first-order valence-electron chi connectivity index (χ1n) is 3.77. The number of alkyl halides is 3. The summed E-state index contributed by atoms with van der Waals surface area (Å²) in [6, 6.07) is 0. The second-order valence-electron chi connectivity index (χ2n) is 2.95. The number of nitrogen functional groups attached to an aromatic ring is 2. The molecule has 0 aliphatic rings. The molecule has 84 valence electrons. The molecule has 0 heterocycles. The standard InChI is InChI=1S/C8H7F3I2N2/c1-2-6(14)4(12)3(8(9,10)11)5(13)7(2)15/h14-15H2,1H3. The highest BCUT2D eigenvalue weighted by Crippen LogP contribution is 2.42. The summed E-state index contributed by atoms with van der Waals surface area (Å²) in [5.74, 6) is 0. The molecule has 1 aromatic rings. The molecule has 0 bridgehead atoms. The maximum Gasteiger partial charge on any atom is 0.418 e. The van der Waals surface area contributed by atoms with Crippen LogP contribution in [0.3, 0.4) is 0 Å². The van der Waals surface area contributed by atoms with E-state index in [-0.39, 0.29) is 18.5 Å². The van der Waals surface area contributed by atoms with Gasteiger partial charge in [0.15, 0.2) is 0 Å². The van der Waals surface area contributed by atoms with Gasteiger partial charge in [-0.2, -0.15) is 13.2 Å². The third-order valence-electron chi connectivity index (χ3n) is 2.00. The van der Waals surface area contributed by atoms with Crippen molar-refractivity contribution in [2.75, 3.05) is 11.5 Å². The van der Waals surface area contributed by atoms with E-state index in [2.05, 4.69) is 0 Å². The highest BCUT2D eigenvalue weighted by molar-refractivity contribution is 14.1. The van der Waals surface area contributed by atoms with Gasteiger partial charge in [0, 0.05) is 7.14 Å². The van der Waals surface area contributed by atoms with Crippen LogP contribution in [0.25, 0.3) is 0 Å². The number of nitrogens with two attached hydrogens (primary N) is 2. The molecule has 0 unspecified atom stereocenters. The molecule has 1 rings (SSSR count). The molecule has 0 atom stereocenters. The van der Waals surface area contributed by atoms with Crippen LogP contribution in [0, 0.1) is 14.1 Å². The van der Waals surface area contributed by atoms with Crippen LogP contribution in [-0.4, -0.2) is 0 Å². The van der Waals surface area contributed by atoms with Crippen LogP contribution in [-0.2, 0) is 6.18 Å². The molecule has 0 amide bonds. The monoisotopic (exact) mass is 442 g/mol. The number of anilines is 2. The van der Waals surface area contributed by atoms with Crippen molar-refractivity contribution in [3.63, 3.8) is 0 Å². The van der Waals surface area contributed by atoms with Gasteiger partial charge in [-0.1, -0.05) is 0 Å². The molecular weight excluding hydrogens is 435 g/mol. The lowest BCUT2D eigenvalue weighted by Crippen LogP contribution is -2.15. The van der Waals surface area contributed by atoms with Gasteiger partial charge in [0.25, 0.3) is 0 Å². The fourth-order valence-electron chi connectivity index (χ4n) is 1.09. The quantitative estimate of drug-likeness (QED) is 0.479. The maximum atomic E-state index is 12.7. The summed E-state index contributed by atoms with van der Waals surface area (Å²) >= 11 is 3.19. The van der Waals surface area contributed by atoms with Crippen LogP contribution in [0.2, 0.25) is 0 Å². The molecular formula is C8H7F3I2N2. The molecule has 7 heteroatoms. The summed E-state index contributed by atoms with van der Waals surface area (Å²) in [6.07, 6.45) is -4.43. The van der Waals surface area contributed by atoms with Crippen molar-refractivity contribution in [3.05, 3.63) is 18.3 Å². The fraction of sp³-hybridized carbons (Fsp3) is 0.250. The summed E-state index contributed by atoms with van der Waals surface area (Å²) in [6.45, 7) is 1.61. The van der Waals surface area contributed by atoms with E-state index in [4.69, 9.17) is 11.5 Å². The molecule has 0 radical (unpaired) electrons. The predicted octanol–water partition coefficient (Wildman–Crippen LogP) is 3.39. The van der Waals surface area contributed by atoms with Gasteiger partial charge in [-0.15, -0.1) is 0 Å². The molecule has 15 heavy (non-hydrogen) atoms. The highest BCUT2D eigenvalue weighted by atomic mass is 127. The second-order valence-corrected chi connectivity index (χ2v) is 5.11. The van der Waals surface area contributed by atoms with Crippen molar-refractivity contribution in [1.29, 1.82) is 0 Å². The number of benzene rings is 1. The Balaban J connectivity index is 3.68. The zero-order valence-corrected chi connectivity index (χ0v) is 11.9. The van der Waals surface area contributed by atoms with E-state index in [1.165, 1.54) is 0 Å². The molecule has 0 aliphatic heterocycles. The SMILES string of the molecule is Cc1c(N)c(I)c(C(F)(F)F)c(I)c1N. The third kappa shape index (κ3) is 2.27. The molecule has 4 N–H and O–H groups in total. The highest BCUT2D eigenvalue weighted by Gasteiger charge is 2.37. The molecule has 0 aliphatic carbocycles. The zero-order valence-electron chi connectivity index (χ0n) is 7.54. The van der Waals surface area contributed by atoms with Gasteiger partial charge >= 0.3 is 6.18 Å². The normalized spacial score (nSPS) is 11.9. The number of rotatable bonds is 0. The van der Waals surface area contributed by atoms with Crippen molar-refractivity contribution < 1.29 is 13.2 Å². The van der Waals surface area contributed by atoms with Crippen LogP contribution in [0.4, 0.5) is 24.5 Å². The zero-order chi connectivity index (χ0) is 12.0. The lowest BCUT2D eigenvalue weighted by atomic mass is 10.1. The van der Waals surface area contributed by atoms with E-state index in [1.807, 2.05) is 0 Å². The van der Waals surface area contributed by atoms with Crippen molar-refractivity contribution in [2.45, 2.75) is 13.1 Å². The Morgan fingerprint density at radius 3 is 1.60 bits per heavy atom. The van der Waals surface area contributed by atoms with Crippen LogP contribution >= 0.6 is 45.2 Å². The van der Waals surface area contributed by atoms with E-state index < -0.39 is 11.7 Å². The van der Waals surface area contributed by atoms with Gasteiger partial charge in [0.1, 0.15) is 0 Å². The van der Waals surface area contributed by atoms with Crippen molar-refractivity contribution >= 4 is 56.6 Å². The first-order valence-corrected chi connectivity index (χ1v) is 5.93. The summed E-state index contributed by atoms with van der Waals surface area (Å²) < 4.78 is 38.1. The minimum absolute atomic E-state index is 0.0104. The fourth-order valence-corrected chi connectivity index (χ4v) is 3.56. The summed E-state index contributed by atoms with van der Waals surface area (Å²) in [5, 5.41) is 0. The van der Waals surface area contributed by atoms with E-state index >= 15 is 0 Å². The molecule has 2 nitrogen and oxygen atoms in total. The second kappa shape index (κ2) is 4.15. The summed E-state index contributed by atoms with van der Waals surface area (Å²) in [5.41, 5.74) is 11.1. The maximum absolute atomic E-state index is 12.7. The van der Waals surface area contributed by atoms with Crippen molar-refractivity contribution in [3.8, 4) is 0 Å². The van der Waals surface area contributed by atoms with Gasteiger partial charge in [0.2, 0.25) is 0 Å². The van der Waals surface area contributed by atoms with Crippen molar-refractivity contribution in [2.24, 2.45) is 0 Å². The van der Waals surface area contributed by atoms with Gasteiger partial charge in [-0.25, -0.2) is 0 Å². The Morgan fingerprint density at radius 2 is 1.33 bits per heavy atom. The first-order chi connectivity index (χ1) is 6.68. The van der Waals surface area contributed by atoms with Gasteiger partial charge in [-0.05, 0) is 57.7 Å². The lowest BCUT2D eigenvalue weighted by molar-refractivity contribution is -0.138. The Morgan fingerprint density at radius 1 is 1.00 bits per heavy atom. The summed E-state index contributed by atoms with van der Waals surface area (Å²) in [4.78, 5) is 0. The van der Waals surface area contributed by atoms with Gasteiger partial charge < -0.3 is 11.5 Å². The third-order valence-corrected chi connectivity index (χ3v) is 4.24. The molecule has 0 fully saturated rings. The Bertz CT molecular complexity index is 386. The molecule has 0 saturated carbocycles. The number of hydrogen-bond acceptors (Lipinski definition) is 2. The van der Waals surface area contributed by atoms with E-state index in [0.29, 0.717) is 5.56 Å². The van der Waals surface area contributed by atoms with Crippen LogP contribution in [0.15, 0.2) is 0 Å². The van der Waals surface area contributed by atoms with E-state index in [0.717, 1.165) is 0 Å². The van der Waals surface area contributed by atoms with Crippen molar-refractivity contribution in [1.82, 2.24) is 0 Å². The average Bonchev–Trinajstić information content (AvgIpc) is 2.09. The Labute approximate surface area is 112 Å². The van der Waals surface area contributed by atoms with Gasteiger partial charge in [-0.3, -0.25) is 0 Å². The van der Waals surface area contributed by atoms with Crippen LogP contribution in [0.5, 0.6) is 0 Å². The largest absolute Gasteiger partial charge is 0.418 e. The smallest absolute Gasteiger partial charge is 0.398 e. The molecule has 1 aromatic carbocycles. The number of halogens is 5. The van der Waals surface area contributed by atoms with E-state index in [9.17, 15) is 13.2 Å². The Kier molecular flexibility index (Phi) is 3.63. The first kappa shape index (κ1) is 13.1. The molecule has 0 spiro atoms. The van der Waals surface area contributed by atoms with E-state index in [1.54, 1.807) is 52.1 Å². The molecule has 0 aromatic heterocycles. The minimum atomic E-state index is -4.43. The van der Waals surface area contributed by atoms with Crippen LogP contribution < -0.4 is 11.5 Å². The lowest BCUT2D eigenvalue weighted by Gasteiger charge is -2.17. The number of hydrogen-bond donors (Lipinski definition) is 2. The molecule has 0 saturated heterocycles.